The Balaban J connectivity index is 1.72. The monoisotopic (exact) mass is 479 g/mol. The highest BCUT2D eigenvalue weighted by Crippen LogP contribution is 2.53. The molecule has 0 saturated heterocycles. The summed E-state index contributed by atoms with van der Waals surface area (Å²) in [5.74, 6) is -0.566. The molecule has 0 N–H and O–H groups in total. The fraction of sp³-hybridized carbons (Fsp3) is 0.370. The van der Waals surface area contributed by atoms with Crippen LogP contribution in [-0.4, -0.2) is 27.0 Å². The summed E-state index contributed by atoms with van der Waals surface area (Å²) in [7, 11) is 0. The van der Waals surface area contributed by atoms with E-state index in [0.29, 0.717) is 36.3 Å². The summed E-state index contributed by atoms with van der Waals surface area (Å²) in [6, 6.07) is 8.57. The summed E-state index contributed by atoms with van der Waals surface area (Å²) in [6.45, 7) is 3.93. The molecule has 2 aliphatic carbocycles. The number of rotatable bonds is 3. The summed E-state index contributed by atoms with van der Waals surface area (Å²) >= 11 is 0. The quantitative estimate of drug-likeness (QED) is 0.368. The number of halogens is 3. The number of Topliss-reactive ketones (excluding diaryl/α,β-unsaturated/α-hetero) is 1. The van der Waals surface area contributed by atoms with Gasteiger partial charge in [0.1, 0.15) is 12.1 Å². The Hall–Kier alpha value is -3.42. The highest BCUT2D eigenvalue weighted by molar-refractivity contribution is 5.96. The van der Waals surface area contributed by atoms with Crippen molar-refractivity contribution in [1.82, 2.24) is 15.0 Å². The van der Waals surface area contributed by atoms with Gasteiger partial charge in [-0.2, -0.15) is 13.2 Å². The van der Waals surface area contributed by atoms with Crippen molar-refractivity contribution in [3.05, 3.63) is 65.6 Å². The average Bonchev–Trinajstić information content (AvgIpc) is 2.86. The van der Waals surface area contributed by atoms with Crippen LogP contribution in [0.4, 0.5) is 13.2 Å². The van der Waals surface area contributed by atoms with Gasteiger partial charge in [-0.3, -0.25) is 9.78 Å². The zero-order valence-corrected chi connectivity index (χ0v) is 19.3. The minimum absolute atomic E-state index is 0.0133. The van der Waals surface area contributed by atoms with Crippen molar-refractivity contribution >= 4 is 12.1 Å². The van der Waals surface area contributed by atoms with E-state index < -0.39 is 23.1 Å². The molecule has 0 spiro atoms. The Labute approximate surface area is 200 Å². The number of carbonyl (C=O) groups is 2. The number of alkyl halides is 3. The lowest BCUT2D eigenvalue weighted by molar-refractivity contribution is -0.138. The SMILES string of the molecule is C[C@H]1C(=O)C(C=O)C[C@@]2(C)c3nc(-c4ccncc4)nc(-c4ccc(C(F)(F)F)cc4)c3CC[C@H]12. The molecule has 1 saturated carbocycles. The Morgan fingerprint density at radius 3 is 2.34 bits per heavy atom. The molecular formula is C27H24F3N3O2. The van der Waals surface area contributed by atoms with E-state index in [2.05, 4.69) is 11.9 Å². The van der Waals surface area contributed by atoms with Crippen LogP contribution in [0.25, 0.3) is 22.6 Å². The molecule has 180 valence electrons. The zero-order valence-electron chi connectivity index (χ0n) is 19.3. The van der Waals surface area contributed by atoms with Gasteiger partial charge in [-0.1, -0.05) is 26.0 Å². The van der Waals surface area contributed by atoms with E-state index in [0.717, 1.165) is 35.2 Å². The van der Waals surface area contributed by atoms with Gasteiger partial charge in [-0.25, -0.2) is 9.97 Å². The van der Waals surface area contributed by atoms with E-state index in [1.807, 2.05) is 6.92 Å². The molecule has 8 heteroatoms. The first-order chi connectivity index (χ1) is 16.6. The molecule has 4 atom stereocenters. The van der Waals surface area contributed by atoms with Gasteiger partial charge in [0.05, 0.1) is 22.9 Å². The molecule has 1 fully saturated rings. The molecule has 5 rings (SSSR count). The van der Waals surface area contributed by atoms with Crippen molar-refractivity contribution in [2.75, 3.05) is 0 Å². The highest BCUT2D eigenvalue weighted by Gasteiger charge is 2.53. The van der Waals surface area contributed by atoms with Gasteiger partial charge >= 0.3 is 6.18 Å². The number of fused-ring (bicyclic) bond motifs is 3. The number of hydrogen-bond acceptors (Lipinski definition) is 5. The molecular weight excluding hydrogens is 455 g/mol. The molecule has 3 aromatic rings. The Bertz CT molecular complexity index is 1290. The van der Waals surface area contributed by atoms with Crippen molar-refractivity contribution in [3.8, 4) is 22.6 Å². The maximum Gasteiger partial charge on any atom is 0.416 e. The molecule has 5 nitrogen and oxygen atoms in total. The van der Waals surface area contributed by atoms with Gasteiger partial charge in [0.15, 0.2) is 5.82 Å². The number of aldehydes is 1. The number of hydrogen-bond donors (Lipinski definition) is 0. The van der Waals surface area contributed by atoms with Gasteiger partial charge in [-0.05, 0) is 49.4 Å². The standard InChI is InChI=1S/C27H24F3N3O2/c1-15-21-8-7-20-22(16-3-5-19(6-4-16)27(28,29)30)32-25(17-9-11-31-12-10-17)33-24(20)26(21,2)13-18(14-34)23(15)35/h3-6,9-12,14-15,18,21H,7-8,13H2,1-2H3/t15-,18?,21-,26-/m1/s1. The Kier molecular flexibility index (Phi) is 5.57. The van der Waals surface area contributed by atoms with E-state index in [4.69, 9.17) is 9.97 Å². The number of carbonyl (C=O) groups excluding carboxylic acids is 2. The minimum atomic E-state index is -4.43. The first-order valence-electron chi connectivity index (χ1n) is 11.6. The van der Waals surface area contributed by atoms with Crippen LogP contribution in [0.15, 0.2) is 48.8 Å². The molecule has 0 radical (unpaired) electrons. The number of aromatic nitrogens is 3. The third kappa shape index (κ3) is 3.85. The molecule has 2 heterocycles. The van der Waals surface area contributed by atoms with Crippen LogP contribution in [-0.2, 0) is 27.6 Å². The lowest BCUT2D eigenvalue weighted by Gasteiger charge is -2.49. The largest absolute Gasteiger partial charge is 0.416 e. The molecule has 0 aliphatic heterocycles. The maximum atomic E-state index is 13.2. The lowest BCUT2D eigenvalue weighted by Crippen LogP contribution is -2.51. The fourth-order valence-electron chi connectivity index (χ4n) is 5.93. The smallest absolute Gasteiger partial charge is 0.303 e. The predicted octanol–water partition coefficient (Wildman–Crippen LogP) is 5.47. The normalized spacial score (nSPS) is 26.1. The van der Waals surface area contributed by atoms with Crippen LogP contribution < -0.4 is 0 Å². The summed E-state index contributed by atoms with van der Waals surface area (Å²) < 4.78 is 39.5. The average molecular weight is 480 g/mol. The molecule has 1 unspecified atom stereocenters. The van der Waals surface area contributed by atoms with Gasteiger partial charge in [0, 0.05) is 40.4 Å². The van der Waals surface area contributed by atoms with Crippen LogP contribution in [0.1, 0.15) is 43.5 Å². The van der Waals surface area contributed by atoms with Crippen molar-refractivity contribution in [1.29, 1.82) is 0 Å². The van der Waals surface area contributed by atoms with E-state index in [1.54, 1.807) is 24.5 Å². The zero-order chi connectivity index (χ0) is 25.0. The maximum absolute atomic E-state index is 13.2. The van der Waals surface area contributed by atoms with Crippen molar-refractivity contribution in [2.24, 2.45) is 17.8 Å². The predicted molar refractivity (Wildman–Crippen MR) is 123 cm³/mol. The second kappa shape index (κ2) is 8.36. The van der Waals surface area contributed by atoms with Gasteiger partial charge in [0.2, 0.25) is 0 Å². The Morgan fingerprint density at radius 1 is 1.03 bits per heavy atom. The van der Waals surface area contributed by atoms with E-state index in [1.165, 1.54) is 12.1 Å². The molecule has 35 heavy (non-hydrogen) atoms. The highest BCUT2D eigenvalue weighted by atomic mass is 19.4. The molecule has 2 aromatic heterocycles. The number of pyridine rings is 1. The Morgan fingerprint density at radius 2 is 1.71 bits per heavy atom. The van der Waals surface area contributed by atoms with Gasteiger partial charge < -0.3 is 4.79 Å². The van der Waals surface area contributed by atoms with Crippen LogP contribution in [0.2, 0.25) is 0 Å². The number of nitrogens with zero attached hydrogens (tertiary/aromatic N) is 3. The third-order valence-electron chi connectivity index (χ3n) is 7.72. The summed E-state index contributed by atoms with van der Waals surface area (Å²) in [4.78, 5) is 38.4. The number of benzene rings is 1. The van der Waals surface area contributed by atoms with Crippen molar-refractivity contribution < 1.29 is 22.8 Å². The first-order valence-corrected chi connectivity index (χ1v) is 11.6. The molecule has 0 bridgehead atoms. The van der Waals surface area contributed by atoms with E-state index >= 15 is 0 Å². The second-order valence-electron chi connectivity index (χ2n) is 9.73. The van der Waals surface area contributed by atoms with E-state index in [-0.39, 0.29) is 17.6 Å². The second-order valence-corrected chi connectivity index (χ2v) is 9.73. The third-order valence-corrected chi connectivity index (χ3v) is 7.72. The van der Waals surface area contributed by atoms with E-state index in [9.17, 15) is 22.8 Å². The molecule has 2 aliphatic rings. The van der Waals surface area contributed by atoms with Crippen LogP contribution in [0.3, 0.4) is 0 Å². The topological polar surface area (TPSA) is 72.8 Å². The van der Waals surface area contributed by atoms with Crippen molar-refractivity contribution in [2.45, 2.75) is 44.7 Å². The van der Waals surface area contributed by atoms with Gasteiger partial charge in [0.25, 0.3) is 0 Å². The first kappa shape index (κ1) is 23.3. The van der Waals surface area contributed by atoms with Crippen LogP contribution in [0, 0.1) is 17.8 Å². The summed E-state index contributed by atoms with van der Waals surface area (Å²) in [5.41, 5.74) is 2.26. The fourth-order valence-corrected chi connectivity index (χ4v) is 5.93. The molecule has 0 amide bonds. The van der Waals surface area contributed by atoms with Crippen LogP contribution in [0.5, 0.6) is 0 Å². The molecule has 1 aromatic carbocycles. The van der Waals surface area contributed by atoms with Crippen LogP contribution >= 0.6 is 0 Å². The summed E-state index contributed by atoms with van der Waals surface area (Å²) in [5, 5.41) is 0. The van der Waals surface area contributed by atoms with Gasteiger partial charge in [-0.15, -0.1) is 0 Å². The number of ketones is 1. The lowest BCUT2D eigenvalue weighted by atomic mass is 9.54. The minimum Gasteiger partial charge on any atom is -0.303 e. The summed E-state index contributed by atoms with van der Waals surface area (Å²) in [6.07, 6.45) is 1.24. The van der Waals surface area contributed by atoms with Crippen molar-refractivity contribution in [3.63, 3.8) is 0 Å².